The van der Waals surface area contributed by atoms with Crippen LogP contribution >= 0.6 is 0 Å². The molecule has 5 rings (SSSR count). The van der Waals surface area contributed by atoms with Crippen LogP contribution in [0.2, 0.25) is 0 Å². The van der Waals surface area contributed by atoms with Crippen LogP contribution in [0.5, 0.6) is 5.75 Å². The molecule has 2 aromatic rings. The Bertz CT molecular complexity index is 1290. The number of aliphatic carboxylic acids is 1. The summed E-state index contributed by atoms with van der Waals surface area (Å²) in [5.74, 6) is -1.14. The lowest BCUT2D eigenvalue weighted by Crippen LogP contribution is -2.42. The summed E-state index contributed by atoms with van der Waals surface area (Å²) in [6.07, 6.45) is 3.46. The number of carbonyl (C=O) groups is 2. The van der Waals surface area contributed by atoms with Crippen molar-refractivity contribution in [2.45, 2.75) is 76.5 Å². The van der Waals surface area contributed by atoms with E-state index in [2.05, 4.69) is 0 Å². The van der Waals surface area contributed by atoms with Crippen LogP contribution in [0, 0.1) is 11.7 Å². The number of imidazole rings is 1. The van der Waals surface area contributed by atoms with Crippen molar-refractivity contribution in [1.29, 1.82) is 0 Å². The van der Waals surface area contributed by atoms with Crippen LogP contribution in [0.25, 0.3) is 5.57 Å². The fourth-order valence-corrected chi connectivity index (χ4v) is 6.44. The first kappa shape index (κ1) is 26.2. The van der Waals surface area contributed by atoms with Crippen LogP contribution in [0.3, 0.4) is 0 Å². The highest BCUT2D eigenvalue weighted by atomic mass is 19.1. The van der Waals surface area contributed by atoms with Crippen LogP contribution in [-0.2, 0) is 16.0 Å². The Balaban J connectivity index is 1.67. The largest absolute Gasteiger partial charge is 0.496 e. The number of carbonyl (C=O) groups excluding carboxylic acids is 1. The highest BCUT2D eigenvalue weighted by Gasteiger charge is 2.40. The standard InChI is InChI=1S/C28H34FN3O6/c1-15-7-9-19-21(31(15)28(36)38-3)10-11-22-24(19)30-26(25(33)20-14-17(29)8-12-23(20)37-2)32(22)18-6-4-5-16(13-18)27(34)35/h8,12,14-16,18,25,33H,4-7,9-11,13H2,1-3H3,(H,34,35)/t15-,16?,18?,25?/m0/s1. The Morgan fingerprint density at radius 3 is 2.66 bits per heavy atom. The molecule has 38 heavy (non-hydrogen) atoms. The predicted molar refractivity (Wildman–Crippen MR) is 136 cm³/mol. The highest BCUT2D eigenvalue weighted by molar-refractivity contribution is 5.79. The summed E-state index contributed by atoms with van der Waals surface area (Å²) < 4.78 is 26.8. The number of carboxylic acids is 1. The van der Waals surface area contributed by atoms with Gasteiger partial charge in [-0.05, 0) is 75.6 Å². The second-order valence-electron chi connectivity index (χ2n) is 10.4. The van der Waals surface area contributed by atoms with Gasteiger partial charge in [-0.3, -0.25) is 9.69 Å². The Hall–Kier alpha value is -3.40. The van der Waals surface area contributed by atoms with Crippen LogP contribution < -0.4 is 4.74 Å². The van der Waals surface area contributed by atoms with Gasteiger partial charge in [-0.1, -0.05) is 6.42 Å². The number of hydrogen-bond donors (Lipinski definition) is 2. The lowest BCUT2D eigenvalue weighted by molar-refractivity contribution is -0.143. The second kappa shape index (κ2) is 10.4. The van der Waals surface area contributed by atoms with Gasteiger partial charge in [0.05, 0.1) is 25.8 Å². The summed E-state index contributed by atoms with van der Waals surface area (Å²) in [6.45, 7) is 1.99. The van der Waals surface area contributed by atoms with Crippen LogP contribution in [0.15, 0.2) is 23.9 Å². The maximum atomic E-state index is 14.3. The van der Waals surface area contributed by atoms with E-state index < -0.39 is 29.9 Å². The van der Waals surface area contributed by atoms with Crippen molar-refractivity contribution < 1.29 is 33.7 Å². The van der Waals surface area contributed by atoms with Crippen molar-refractivity contribution >= 4 is 17.6 Å². The summed E-state index contributed by atoms with van der Waals surface area (Å²) in [4.78, 5) is 31.2. The lowest BCUT2D eigenvalue weighted by atomic mass is 9.84. The Kier molecular flexibility index (Phi) is 7.17. The third kappa shape index (κ3) is 4.44. The van der Waals surface area contributed by atoms with Gasteiger partial charge in [0.2, 0.25) is 0 Å². The topological polar surface area (TPSA) is 114 Å². The van der Waals surface area contributed by atoms with E-state index in [0.29, 0.717) is 43.0 Å². The van der Waals surface area contributed by atoms with Crippen molar-refractivity contribution in [3.05, 3.63) is 52.5 Å². The normalized spacial score (nSPS) is 23.9. The van der Waals surface area contributed by atoms with E-state index in [4.69, 9.17) is 14.5 Å². The molecule has 2 heterocycles. The molecule has 3 unspecified atom stereocenters. The minimum Gasteiger partial charge on any atom is -0.496 e. The molecule has 1 aromatic carbocycles. The number of methoxy groups -OCH3 is 2. The second-order valence-corrected chi connectivity index (χ2v) is 10.4. The van der Waals surface area contributed by atoms with Gasteiger partial charge in [-0.15, -0.1) is 0 Å². The van der Waals surface area contributed by atoms with Gasteiger partial charge in [-0.25, -0.2) is 14.2 Å². The zero-order chi connectivity index (χ0) is 27.1. The zero-order valence-corrected chi connectivity index (χ0v) is 21.9. The number of amides is 1. The Morgan fingerprint density at radius 2 is 1.95 bits per heavy atom. The highest BCUT2D eigenvalue weighted by Crippen LogP contribution is 2.45. The molecule has 4 atom stereocenters. The van der Waals surface area contributed by atoms with Gasteiger partial charge < -0.3 is 24.3 Å². The monoisotopic (exact) mass is 527 g/mol. The van der Waals surface area contributed by atoms with Crippen molar-refractivity contribution in [3.8, 4) is 5.75 Å². The Morgan fingerprint density at radius 1 is 1.16 bits per heavy atom. The number of aliphatic hydroxyl groups excluding tert-OH is 1. The van der Waals surface area contributed by atoms with E-state index in [1.807, 2.05) is 11.5 Å². The summed E-state index contributed by atoms with van der Waals surface area (Å²) >= 11 is 0. The molecule has 0 spiro atoms. The summed E-state index contributed by atoms with van der Waals surface area (Å²) in [6, 6.07) is 3.80. The SMILES string of the molecule is COC(=O)N1C2=C(CC[C@@H]1C)c1nc(C(O)c3cc(F)ccc3OC)n(C3CCCC(C(=O)O)C3)c1CC2. The minimum absolute atomic E-state index is 0.0129. The molecule has 1 aromatic heterocycles. The average Bonchev–Trinajstić information content (AvgIpc) is 3.32. The molecule has 0 radical (unpaired) electrons. The molecular weight excluding hydrogens is 493 g/mol. The van der Waals surface area contributed by atoms with E-state index in [0.717, 1.165) is 42.6 Å². The molecule has 1 amide bonds. The number of ether oxygens (including phenoxy) is 2. The number of rotatable bonds is 5. The summed E-state index contributed by atoms with van der Waals surface area (Å²) in [5.41, 5.74) is 3.71. The maximum Gasteiger partial charge on any atom is 0.413 e. The fraction of sp³-hybridized carbons (Fsp3) is 0.536. The number of benzene rings is 1. The molecule has 1 saturated carbocycles. The van der Waals surface area contributed by atoms with Crippen molar-refractivity contribution in [3.63, 3.8) is 0 Å². The van der Waals surface area contributed by atoms with Crippen LogP contribution in [0.1, 0.15) is 86.8 Å². The maximum absolute atomic E-state index is 14.3. The van der Waals surface area contributed by atoms with E-state index in [1.165, 1.54) is 32.4 Å². The summed E-state index contributed by atoms with van der Waals surface area (Å²) in [5, 5.41) is 21.4. The zero-order valence-electron chi connectivity index (χ0n) is 21.9. The molecule has 3 aliphatic rings. The van der Waals surface area contributed by atoms with Gasteiger partial charge >= 0.3 is 12.1 Å². The number of halogens is 1. The number of nitrogens with zero attached hydrogens (tertiary/aromatic N) is 3. The number of aromatic nitrogens is 2. The predicted octanol–water partition coefficient (Wildman–Crippen LogP) is 4.84. The minimum atomic E-state index is -1.29. The molecule has 2 aliphatic carbocycles. The van der Waals surface area contributed by atoms with E-state index in [1.54, 1.807) is 4.90 Å². The molecule has 204 valence electrons. The molecule has 1 fully saturated rings. The molecule has 2 N–H and O–H groups in total. The molecule has 1 aliphatic heterocycles. The number of fused-ring (bicyclic) bond motifs is 2. The van der Waals surface area contributed by atoms with Crippen LogP contribution in [-0.4, -0.2) is 57.0 Å². The molecular formula is C28H34FN3O6. The van der Waals surface area contributed by atoms with Gasteiger partial charge in [0.15, 0.2) is 0 Å². The number of carboxylic acid groups (broad SMARTS) is 1. The van der Waals surface area contributed by atoms with Crippen molar-refractivity contribution in [2.24, 2.45) is 5.92 Å². The quantitative estimate of drug-likeness (QED) is 0.572. The number of aliphatic hydroxyl groups is 1. The first-order valence-electron chi connectivity index (χ1n) is 13.2. The Labute approximate surface area is 220 Å². The molecule has 10 heteroatoms. The average molecular weight is 528 g/mol. The van der Waals surface area contributed by atoms with E-state index in [-0.39, 0.29) is 17.6 Å². The van der Waals surface area contributed by atoms with Gasteiger partial charge in [0, 0.05) is 29.0 Å². The lowest BCUT2D eigenvalue weighted by Gasteiger charge is -2.38. The first-order chi connectivity index (χ1) is 18.2. The fourth-order valence-electron chi connectivity index (χ4n) is 6.44. The smallest absolute Gasteiger partial charge is 0.413 e. The van der Waals surface area contributed by atoms with Gasteiger partial charge in [0.25, 0.3) is 0 Å². The number of hydrogen-bond acceptors (Lipinski definition) is 6. The molecule has 9 nitrogen and oxygen atoms in total. The van der Waals surface area contributed by atoms with E-state index >= 15 is 0 Å². The van der Waals surface area contributed by atoms with E-state index in [9.17, 15) is 24.2 Å². The van der Waals surface area contributed by atoms with Gasteiger partial charge in [-0.2, -0.15) is 0 Å². The van der Waals surface area contributed by atoms with Crippen LogP contribution in [0.4, 0.5) is 9.18 Å². The van der Waals surface area contributed by atoms with Crippen molar-refractivity contribution in [1.82, 2.24) is 14.5 Å². The molecule has 0 bridgehead atoms. The summed E-state index contributed by atoms with van der Waals surface area (Å²) in [7, 11) is 2.83. The number of allylic oxidation sites excluding steroid dienone is 2. The first-order valence-corrected chi connectivity index (χ1v) is 13.2. The third-order valence-corrected chi connectivity index (χ3v) is 8.28. The van der Waals surface area contributed by atoms with Crippen molar-refractivity contribution in [2.75, 3.05) is 14.2 Å². The third-order valence-electron chi connectivity index (χ3n) is 8.28. The molecule has 0 saturated heterocycles. The van der Waals surface area contributed by atoms with Gasteiger partial charge in [0.1, 0.15) is 23.5 Å².